The van der Waals surface area contributed by atoms with Gasteiger partial charge in [0, 0.05) is 30.7 Å². The van der Waals surface area contributed by atoms with Gasteiger partial charge in [0.05, 0.1) is 18.0 Å². The quantitative estimate of drug-likeness (QED) is 0.804. The summed E-state index contributed by atoms with van der Waals surface area (Å²) in [5.41, 5.74) is 1.81. The van der Waals surface area contributed by atoms with E-state index in [1.54, 1.807) is 24.7 Å². The van der Waals surface area contributed by atoms with Crippen LogP contribution in [-0.4, -0.2) is 15.9 Å². The molecule has 1 N–H and O–H groups in total. The number of rotatable bonds is 4. The molecule has 0 atom stereocenters. The molecule has 3 aromatic heterocycles. The van der Waals surface area contributed by atoms with Crippen LogP contribution in [0.5, 0.6) is 0 Å². The van der Waals surface area contributed by atoms with Gasteiger partial charge >= 0.3 is 0 Å². The lowest BCUT2D eigenvalue weighted by Gasteiger charge is -2.06. The third kappa shape index (κ3) is 3.17. The molecule has 3 heterocycles. The third-order valence-electron chi connectivity index (χ3n) is 3.02. The highest BCUT2D eigenvalue weighted by Gasteiger charge is 2.08. The van der Waals surface area contributed by atoms with Gasteiger partial charge in [-0.05, 0) is 29.8 Å². The van der Waals surface area contributed by atoms with E-state index in [0.717, 1.165) is 23.4 Å². The van der Waals surface area contributed by atoms with Crippen LogP contribution in [0.15, 0.2) is 59.7 Å². The van der Waals surface area contributed by atoms with E-state index in [-0.39, 0.29) is 12.1 Å². The van der Waals surface area contributed by atoms with Crippen LogP contribution in [0.25, 0.3) is 11.3 Å². The summed E-state index contributed by atoms with van der Waals surface area (Å²) < 4.78 is 18.3. The van der Waals surface area contributed by atoms with Gasteiger partial charge in [0.15, 0.2) is 0 Å². The number of carbonyl (C=O) groups excluding carboxylic acids is 1. The minimum Gasteiger partial charge on any atom is -0.464 e. The Morgan fingerprint density at radius 2 is 2.05 bits per heavy atom. The maximum atomic E-state index is 13.0. The van der Waals surface area contributed by atoms with Crippen molar-refractivity contribution in [3.05, 3.63) is 72.3 Å². The average Bonchev–Trinajstić information content (AvgIpc) is 3.07. The highest BCUT2D eigenvalue weighted by molar-refractivity contribution is 5.93. The van der Waals surface area contributed by atoms with Crippen molar-refractivity contribution in [3.8, 4) is 11.3 Å². The Morgan fingerprint density at radius 3 is 2.82 bits per heavy atom. The van der Waals surface area contributed by atoms with E-state index in [2.05, 4.69) is 15.3 Å². The molecule has 22 heavy (non-hydrogen) atoms. The van der Waals surface area contributed by atoms with Crippen molar-refractivity contribution in [2.24, 2.45) is 0 Å². The molecule has 0 radical (unpaired) electrons. The zero-order valence-electron chi connectivity index (χ0n) is 11.5. The first-order valence-electron chi connectivity index (χ1n) is 6.59. The summed E-state index contributed by atoms with van der Waals surface area (Å²) in [6.07, 6.45) is 7.28. The molecule has 0 fully saturated rings. The van der Waals surface area contributed by atoms with Crippen LogP contribution in [0.1, 0.15) is 15.9 Å². The van der Waals surface area contributed by atoms with Crippen LogP contribution < -0.4 is 5.32 Å². The molecule has 0 aromatic carbocycles. The van der Waals surface area contributed by atoms with Crippen LogP contribution in [0.4, 0.5) is 4.39 Å². The number of hydrogen-bond acceptors (Lipinski definition) is 4. The molecule has 0 aliphatic carbocycles. The highest BCUT2D eigenvalue weighted by Crippen LogP contribution is 2.19. The Bertz CT molecular complexity index is 788. The van der Waals surface area contributed by atoms with Crippen LogP contribution in [-0.2, 0) is 6.54 Å². The van der Waals surface area contributed by atoms with E-state index < -0.39 is 11.7 Å². The van der Waals surface area contributed by atoms with Crippen LogP contribution in [0.2, 0.25) is 0 Å². The summed E-state index contributed by atoms with van der Waals surface area (Å²) in [4.78, 5) is 19.7. The zero-order valence-corrected chi connectivity index (χ0v) is 11.5. The van der Waals surface area contributed by atoms with Crippen molar-refractivity contribution < 1.29 is 13.6 Å². The Hall–Kier alpha value is -3.02. The second-order valence-electron chi connectivity index (χ2n) is 4.63. The van der Waals surface area contributed by atoms with Gasteiger partial charge in [0.2, 0.25) is 0 Å². The lowest BCUT2D eigenvalue weighted by molar-refractivity contribution is 0.0950. The smallest absolute Gasteiger partial charge is 0.253 e. The number of aromatic nitrogens is 2. The van der Waals surface area contributed by atoms with E-state index >= 15 is 0 Å². The molecule has 110 valence electrons. The lowest BCUT2D eigenvalue weighted by Crippen LogP contribution is -2.23. The molecular weight excluding hydrogens is 285 g/mol. The van der Waals surface area contributed by atoms with Crippen molar-refractivity contribution in [1.29, 1.82) is 0 Å². The molecule has 6 heteroatoms. The van der Waals surface area contributed by atoms with Gasteiger partial charge in [0.25, 0.3) is 5.91 Å². The number of nitrogens with zero attached hydrogens (tertiary/aromatic N) is 2. The number of furan rings is 1. The summed E-state index contributed by atoms with van der Waals surface area (Å²) in [6, 6.07) is 6.63. The van der Waals surface area contributed by atoms with Gasteiger partial charge in [-0.2, -0.15) is 0 Å². The maximum Gasteiger partial charge on any atom is 0.253 e. The van der Waals surface area contributed by atoms with Crippen molar-refractivity contribution in [2.75, 3.05) is 0 Å². The number of halogens is 1. The topological polar surface area (TPSA) is 68.0 Å². The van der Waals surface area contributed by atoms with Gasteiger partial charge in [-0.15, -0.1) is 0 Å². The molecule has 0 unspecified atom stereocenters. The molecule has 1 amide bonds. The van der Waals surface area contributed by atoms with E-state index in [0.29, 0.717) is 5.76 Å². The first-order valence-corrected chi connectivity index (χ1v) is 6.59. The minimum absolute atomic E-state index is 0.176. The third-order valence-corrected chi connectivity index (χ3v) is 3.02. The lowest BCUT2D eigenvalue weighted by atomic mass is 10.1. The number of pyridine rings is 2. The summed E-state index contributed by atoms with van der Waals surface area (Å²) >= 11 is 0. The predicted octanol–water partition coefficient (Wildman–Crippen LogP) is 2.81. The molecule has 0 bridgehead atoms. The second-order valence-corrected chi connectivity index (χ2v) is 4.63. The summed E-state index contributed by atoms with van der Waals surface area (Å²) in [6.45, 7) is 0.275. The fourth-order valence-corrected chi connectivity index (χ4v) is 1.98. The van der Waals surface area contributed by atoms with Crippen molar-refractivity contribution >= 4 is 5.91 Å². The monoisotopic (exact) mass is 297 g/mol. The van der Waals surface area contributed by atoms with Crippen molar-refractivity contribution in [1.82, 2.24) is 15.3 Å². The Kier molecular flexibility index (Phi) is 3.91. The first kappa shape index (κ1) is 13.9. The molecule has 3 aromatic rings. The summed E-state index contributed by atoms with van der Waals surface area (Å²) in [7, 11) is 0. The van der Waals surface area contributed by atoms with Crippen LogP contribution in [0, 0.1) is 5.82 Å². The Labute approximate surface area is 125 Å². The molecule has 3 rings (SSSR count). The normalized spacial score (nSPS) is 10.4. The first-order chi connectivity index (χ1) is 10.7. The summed E-state index contributed by atoms with van der Waals surface area (Å²) in [5.74, 6) is -0.237. The van der Waals surface area contributed by atoms with Crippen molar-refractivity contribution in [2.45, 2.75) is 6.54 Å². The van der Waals surface area contributed by atoms with Gasteiger partial charge in [-0.1, -0.05) is 0 Å². The standard InChI is InChI=1S/C16H12FN3O2/c17-14-5-13(9-19-10-14)16(21)20-7-11-4-12(8-18-6-11)15-2-1-3-22-15/h1-6,8-10H,7H2,(H,20,21). The maximum absolute atomic E-state index is 13.0. The van der Waals surface area contributed by atoms with Crippen molar-refractivity contribution in [3.63, 3.8) is 0 Å². The average molecular weight is 297 g/mol. The van der Waals surface area contributed by atoms with Gasteiger partial charge < -0.3 is 9.73 Å². The fraction of sp³-hybridized carbons (Fsp3) is 0.0625. The number of amides is 1. The van der Waals surface area contributed by atoms with Crippen LogP contribution >= 0.6 is 0 Å². The largest absolute Gasteiger partial charge is 0.464 e. The van der Waals surface area contributed by atoms with Crippen LogP contribution in [0.3, 0.4) is 0 Å². The van der Waals surface area contributed by atoms with Gasteiger partial charge in [-0.3, -0.25) is 14.8 Å². The van der Waals surface area contributed by atoms with E-state index in [1.807, 2.05) is 12.1 Å². The Balaban J connectivity index is 1.69. The molecule has 0 saturated heterocycles. The minimum atomic E-state index is -0.547. The molecular formula is C16H12FN3O2. The zero-order chi connectivity index (χ0) is 15.4. The van der Waals surface area contributed by atoms with Gasteiger partial charge in [0.1, 0.15) is 11.6 Å². The predicted molar refractivity (Wildman–Crippen MR) is 77.3 cm³/mol. The number of carbonyl (C=O) groups is 1. The second kappa shape index (κ2) is 6.17. The number of nitrogens with one attached hydrogen (secondary N) is 1. The SMILES string of the molecule is O=C(NCc1cncc(-c2ccco2)c1)c1cncc(F)c1. The molecule has 0 spiro atoms. The molecule has 5 nitrogen and oxygen atoms in total. The molecule has 0 aliphatic rings. The molecule has 0 saturated carbocycles. The highest BCUT2D eigenvalue weighted by atomic mass is 19.1. The van der Waals surface area contributed by atoms with E-state index in [1.165, 1.54) is 6.20 Å². The Morgan fingerprint density at radius 1 is 1.18 bits per heavy atom. The van der Waals surface area contributed by atoms with E-state index in [4.69, 9.17) is 4.42 Å². The fourth-order valence-electron chi connectivity index (χ4n) is 1.98. The van der Waals surface area contributed by atoms with Gasteiger partial charge in [-0.25, -0.2) is 4.39 Å². The molecule has 0 aliphatic heterocycles. The van der Waals surface area contributed by atoms with E-state index in [9.17, 15) is 9.18 Å². The summed E-state index contributed by atoms with van der Waals surface area (Å²) in [5, 5.41) is 2.70. The number of hydrogen-bond donors (Lipinski definition) is 1.